The predicted molar refractivity (Wildman–Crippen MR) is 51.7 cm³/mol. The topological polar surface area (TPSA) is 3.24 Å². The van der Waals surface area contributed by atoms with Crippen LogP contribution in [-0.4, -0.2) is 18.2 Å². The summed E-state index contributed by atoms with van der Waals surface area (Å²) in [5, 5.41) is 0. The molecule has 1 rings (SSSR count). The fourth-order valence-corrected chi connectivity index (χ4v) is 1.22. The van der Waals surface area contributed by atoms with Crippen LogP contribution in [0.3, 0.4) is 0 Å². The maximum absolute atomic E-state index is 12.1. The maximum Gasteiger partial charge on any atom is 0.459 e. The molecule has 0 unspecified atom stereocenters. The molecule has 78 valence electrons. The van der Waals surface area contributed by atoms with Gasteiger partial charge in [-0.25, -0.2) is 4.90 Å². The first-order valence-corrected chi connectivity index (χ1v) is 4.71. The summed E-state index contributed by atoms with van der Waals surface area (Å²) >= 11 is 3.22. The van der Waals surface area contributed by atoms with Crippen molar-refractivity contribution in [2.75, 3.05) is 7.05 Å². The van der Waals surface area contributed by atoms with Crippen LogP contribution >= 0.6 is 15.9 Å². The van der Waals surface area contributed by atoms with Crippen molar-refractivity contribution in [3.05, 3.63) is 34.3 Å². The van der Waals surface area contributed by atoms with Crippen LogP contribution < -0.4 is 0 Å². The standard InChI is InChI=1S/C9H9BrF3N/c1-14(9(11,12)13)6-7-2-4-8(10)5-3-7/h2-5H,6H2,1H3. The molecule has 0 atom stereocenters. The molecule has 0 fully saturated rings. The van der Waals surface area contributed by atoms with Gasteiger partial charge in [-0.3, -0.25) is 0 Å². The molecule has 14 heavy (non-hydrogen) atoms. The summed E-state index contributed by atoms with van der Waals surface area (Å²) in [5.74, 6) is 0. The SMILES string of the molecule is CN(Cc1ccc(Br)cc1)C(F)(F)F. The van der Waals surface area contributed by atoms with Crippen molar-refractivity contribution in [2.24, 2.45) is 0 Å². The van der Waals surface area contributed by atoms with Crippen LogP contribution in [0.1, 0.15) is 5.56 Å². The Morgan fingerprint density at radius 2 is 1.71 bits per heavy atom. The summed E-state index contributed by atoms with van der Waals surface area (Å²) < 4.78 is 37.2. The van der Waals surface area contributed by atoms with E-state index in [9.17, 15) is 13.2 Å². The molecule has 0 aliphatic rings. The number of hydrogen-bond acceptors (Lipinski definition) is 1. The maximum atomic E-state index is 12.1. The van der Waals surface area contributed by atoms with Gasteiger partial charge in [-0.15, -0.1) is 0 Å². The van der Waals surface area contributed by atoms with Gasteiger partial charge in [-0.2, -0.15) is 13.2 Å². The Balaban J connectivity index is 2.65. The molecular formula is C9H9BrF3N. The molecule has 1 aromatic carbocycles. The molecular weight excluding hydrogens is 259 g/mol. The molecule has 1 nitrogen and oxygen atoms in total. The minimum absolute atomic E-state index is 0.128. The average Bonchev–Trinajstić information content (AvgIpc) is 2.07. The normalized spacial score (nSPS) is 12.1. The number of rotatable bonds is 2. The number of alkyl halides is 3. The van der Waals surface area contributed by atoms with Crippen molar-refractivity contribution >= 4 is 15.9 Å². The highest BCUT2D eigenvalue weighted by Gasteiger charge is 2.33. The molecule has 0 aliphatic heterocycles. The van der Waals surface area contributed by atoms with Crippen LogP contribution in [0.4, 0.5) is 13.2 Å². The second-order valence-electron chi connectivity index (χ2n) is 2.95. The molecule has 0 aromatic heterocycles. The summed E-state index contributed by atoms with van der Waals surface area (Å²) in [6.07, 6.45) is -4.27. The van der Waals surface area contributed by atoms with Crippen LogP contribution in [-0.2, 0) is 6.54 Å². The fourth-order valence-electron chi connectivity index (χ4n) is 0.953. The zero-order valence-electron chi connectivity index (χ0n) is 7.48. The number of halogens is 4. The van der Waals surface area contributed by atoms with E-state index in [1.165, 1.54) is 0 Å². The Hall–Kier alpha value is -0.550. The molecule has 0 saturated carbocycles. The van der Waals surface area contributed by atoms with Gasteiger partial charge in [0, 0.05) is 11.0 Å². The number of nitrogens with zero attached hydrogens (tertiary/aromatic N) is 1. The van der Waals surface area contributed by atoms with Gasteiger partial charge < -0.3 is 0 Å². The van der Waals surface area contributed by atoms with E-state index in [4.69, 9.17) is 0 Å². The molecule has 0 heterocycles. The first kappa shape index (κ1) is 11.5. The zero-order valence-corrected chi connectivity index (χ0v) is 9.06. The van der Waals surface area contributed by atoms with Crippen LogP contribution in [0.2, 0.25) is 0 Å². The van der Waals surface area contributed by atoms with E-state index < -0.39 is 6.30 Å². The van der Waals surface area contributed by atoms with Crippen molar-refractivity contribution in [1.82, 2.24) is 4.90 Å². The Kier molecular flexibility index (Phi) is 3.55. The Bertz CT molecular complexity index is 294. The van der Waals surface area contributed by atoms with Crippen molar-refractivity contribution in [1.29, 1.82) is 0 Å². The van der Waals surface area contributed by atoms with E-state index in [1.807, 2.05) is 0 Å². The Morgan fingerprint density at radius 1 is 1.21 bits per heavy atom. The highest BCUT2D eigenvalue weighted by atomic mass is 79.9. The average molecular weight is 268 g/mol. The zero-order chi connectivity index (χ0) is 10.8. The van der Waals surface area contributed by atoms with Crippen LogP contribution in [0.15, 0.2) is 28.7 Å². The molecule has 0 aliphatic carbocycles. The lowest BCUT2D eigenvalue weighted by atomic mass is 10.2. The van der Waals surface area contributed by atoms with Crippen molar-refractivity contribution in [3.8, 4) is 0 Å². The van der Waals surface area contributed by atoms with Crippen molar-refractivity contribution in [3.63, 3.8) is 0 Å². The quantitative estimate of drug-likeness (QED) is 0.743. The van der Waals surface area contributed by atoms with E-state index in [-0.39, 0.29) is 6.54 Å². The van der Waals surface area contributed by atoms with Gasteiger partial charge in [-0.1, -0.05) is 28.1 Å². The van der Waals surface area contributed by atoms with Gasteiger partial charge in [0.2, 0.25) is 0 Å². The highest BCUT2D eigenvalue weighted by Crippen LogP contribution is 2.21. The number of hydrogen-bond donors (Lipinski definition) is 0. The molecule has 0 saturated heterocycles. The van der Waals surface area contributed by atoms with Gasteiger partial charge in [0.15, 0.2) is 0 Å². The Labute approximate surface area is 88.7 Å². The van der Waals surface area contributed by atoms with E-state index in [0.29, 0.717) is 10.5 Å². The summed E-state index contributed by atoms with van der Waals surface area (Å²) in [4.78, 5) is 0.343. The lowest BCUT2D eigenvalue weighted by Gasteiger charge is -2.19. The second-order valence-corrected chi connectivity index (χ2v) is 3.87. The third-order valence-corrected chi connectivity index (χ3v) is 2.29. The van der Waals surface area contributed by atoms with Gasteiger partial charge >= 0.3 is 6.30 Å². The van der Waals surface area contributed by atoms with Gasteiger partial charge in [-0.05, 0) is 24.7 Å². The van der Waals surface area contributed by atoms with Gasteiger partial charge in [0.1, 0.15) is 0 Å². The monoisotopic (exact) mass is 267 g/mol. The third kappa shape index (κ3) is 3.31. The third-order valence-electron chi connectivity index (χ3n) is 1.77. The minimum Gasteiger partial charge on any atom is -0.213 e. The molecule has 0 radical (unpaired) electrons. The molecule has 0 bridgehead atoms. The lowest BCUT2D eigenvalue weighted by Crippen LogP contribution is -2.33. The minimum atomic E-state index is -4.27. The van der Waals surface area contributed by atoms with Gasteiger partial charge in [0.25, 0.3) is 0 Å². The molecule has 1 aromatic rings. The van der Waals surface area contributed by atoms with E-state index in [2.05, 4.69) is 15.9 Å². The molecule has 0 amide bonds. The smallest absolute Gasteiger partial charge is 0.213 e. The first-order chi connectivity index (χ1) is 6.39. The summed E-state index contributed by atoms with van der Waals surface area (Å²) in [6, 6.07) is 6.76. The first-order valence-electron chi connectivity index (χ1n) is 3.92. The van der Waals surface area contributed by atoms with Crippen LogP contribution in [0, 0.1) is 0 Å². The molecule has 0 spiro atoms. The van der Waals surface area contributed by atoms with E-state index in [0.717, 1.165) is 11.5 Å². The fraction of sp³-hybridized carbons (Fsp3) is 0.333. The van der Waals surface area contributed by atoms with Crippen LogP contribution in [0.25, 0.3) is 0 Å². The summed E-state index contributed by atoms with van der Waals surface area (Å²) in [7, 11) is 1.03. The number of benzene rings is 1. The largest absolute Gasteiger partial charge is 0.459 e. The summed E-state index contributed by atoms with van der Waals surface area (Å²) in [5.41, 5.74) is 0.632. The summed E-state index contributed by atoms with van der Waals surface area (Å²) in [6.45, 7) is -0.128. The van der Waals surface area contributed by atoms with Crippen molar-refractivity contribution in [2.45, 2.75) is 12.8 Å². The predicted octanol–water partition coefficient (Wildman–Crippen LogP) is 3.40. The molecule has 5 heteroatoms. The Morgan fingerprint density at radius 3 is 2.14 bits per heavy atom. The second kappa shape index (κ2) is 4.31. The van der Waals surface area contributed by atoms with E-state index >= 15 is 0 Å². The van der Waals surface area contributed by atoms with Gasteiger partial charge in [0.05, 0.1) is 0 Å². The van der Waals surface area contributed by atoms with Crippen molar-refractivity contribution < 1.29 is 13.2 Å². The molecule has 0 N–H and O–H groups in total. The van der Waals surface area contributed by atoms with Crippen LogP contribution in [0.5, 0.6) is 0 Å². The van der Waals surface area contributed by atoms with E-state index in [1.54, 1.807) is 24.3 Å². The lowest BCUT2D eigenvalue weighted by molar-refractivity contribution is -0.240. The highest BCUT2D eigenvalue weighted by molar-refractivity contribution is 9.10.